The molecule has 0 aromatic carbocycles. The minimum absolute atomic E-state index is 0.195. The lowest BCUT2D eigenvalue weighted by atomic mass is 9.79. The van der Waals surface area contributed by atoms with Crippen LogP contribution in [0.15, 0.2) is 11.6 Å². The van der Waals surface area contributed by atoms with Gasteiger partial charge < -0.3 is 4.74 Å². The number of hydrogen-bond acceptors (Lipinski definition) is 4. The van der Waals surface area contributed by atoms with Crippen molar-refractivity contribution in [2.75, 3.05) is 19.7 Å². The molecule has 0 spiro atoms. The van der Waals surface area contributed by atoms with Gasteiger partial charge in [0.05, 0.1) is 6.61 Å². The average Bonchev–Trinajstić information content (AvgIpc) is 2.38. The van der Waals surface area contributed by atoms with E-state index in [-0.39, 0.29) is 11.9 Å². The van der Waals surface area contributed by atoms with Crippen LogP contribution in [0.3, 0.4) is 0 Å². The highest BCUT2D eigenvalue weighted by Crippen LogP contribution is 2.32. The number of fused-ring (bicyclic) bond motifs is 1. The molecule has 1 aliphatic carbocycles. The summed E-state index contributed by atoms with van der Waals surface area (Å²) in [6, 6.07) is 0.427. The maximum Gasteiger partial charge on any atom is 0.335 e. The Hall–Kier alpha value is -1.16. The van der Waals surface area contributed by atoms with E-state index in [1.807, 2.05) is 13.0 Å². The van der Waals surface area contributed by atoms with Gasteiger partial charge in [-0.3, -0.25) is 9.69 Å². The van der Waals surface area contributed by atoms with E-state index in [4.69, 9.17) is 4.74 Å². The topological polar surface area (TPSA) is 46.6 Å². The first-order valence-electron chi connectivity index (χ1n) is 7.29. The van der Waals surface area contributed by atoms with Crippen LogP contribution >= 0.6 is 0 Å². The van der Waals surface area contributed by atoms with Crippen molar-refractivity contribution in [3.8, 4) is 0 Å². The van der Waals surface area contributed by atoms with E-state index < -0.39 is 0 Å². The first-order chi connectivity index (χ1) is 9.15. The summed E-state index contributed by atoms with van der Waals surface area (Å²) in [5.41, 5.74) is 0.728. The third-order valence-electron chi connectivity index (χ3n) is 3.98. The van der Waals surface area contributed by atoms with Gasteiger partial charge in [0.2, 0.25) is 0 Å². The van der Waals surface area contributed by atoms with Gasteiger partial charge in [-0.05, 0) is 26.3 Å². The lowest BCUT2D eigenvalue weighted by molar-refractivity contribution is -0.139. The van der Waals surface area contributed by atoms with Gasteiger partial charge in [0.25, 0.3) is 0 Å². The van der Waals surface area contributed by atoms with E-state index in [1.54, 1.807) is 0 Å². The number of carbonyl (C=O) groups is 2. The fraction of sp³-hybridized carbons (Fsp3) is 0.733. The molecule has 0 N–H and O–H groups in total. The minimum atomic E-state index is -0.222. The molecule has 2 atom stereocenters. The molecule has 1 heterocycles. The van der Waals surface area contributed by atoms with E-state index in [0.29, 0.717) is 37.8 Å². The Morgan fingerprint density at radius 3 is 2.95 bits per heavy atom. The first kappa shape index (κ1) is 14.3. The number of hydrogen-bond donors (Lipinski definition) is 0. The van der Waals surface area contributed by atoms with Crippen molar-refractivity contribution < 1.29 is 14.3 Å². The zero-order valence-electron chi connectivity index (χ0n) is 11.9. The van der Waals surface area contributed by atoms with E-state index >= 15 is 0 Å². The van der Waals surface area contributed by atoms with Gasteiger partial charge in [-0.25, -0.2) is 4.79 Å². The third-order valence-corrected chi connectivity index (χ3v) is 3.98. The second kappa shape index (κ2) is 6.33. The summed E-state index contributed by atoms with van der Waals surface area (Å²) >= 11 is 0. The Morgan fingerprint density at radius 1 is 1.47 bits per heavy atom. The maximum atomic E-state index is 11.9. The second-order valence-corrected chi connectivity index (χ2v) is 5.40. The van der Waals surface area contributed by atoms with E-state index in [2.05, 4.69) is 11.8 Å². The van der Waals surface area contributed by atoms with Gasteiger partial charge in [-0.15, -0.1) is 0 Å². The highest BCUT2D eigenvalue weighted by Gasteiger charge is 2.36. The molecule has 0 bridgehead atoms. The molecule has 0 radical (unpaired) electrons. The van der Waals surface area contributed by atoms with Crippen molar-refractivity contribution in [1.29, 1.82) is 0 Å². The fourth-order valence-electron chi connectivity index (χ4n) is 3.18. The normalized spacial score (nSPS) is 27.7. The molecule has 2 aliphatic rings. The number of rotatable bonds is 4. The molecular weight excluding hydrogens is 242 g/mol. The molecule has 2 unspecified atom stereocenters. The maximum absolute atomic E-state index is 11.9. The second-order valence-electron chi connectivity index (χ2n) is 5.40. The highest BCUT2D eigenvalue weighted by atomic mass is 16.5. The van der Waals surface area contributed by atoms with Crippen LogP contribution in [-0.4, -0.2) is 42.4 Å². The van der Waals surface area contributed by atoms with Crippen LogP contribution in [0.1, 0.15) is 39.5 Å². The van der Waals surface area contributed by atoms with Crippen molar-refractivity contribution in [3.63, 3.8) is 0 Å². The summed E-state index contributed by atoms with van der Waals surface area (Å²) in [5, 5.41) is 0. The van der Waals surface area contributed by atoms with E-state index in [9.17, 15) is 9.59 Å². The third kappa shape index (κ3) is 3.24. The SMILES string of the molecule is CCCN1CC(C(=O)OCC)=CC2CC(=O)CCC21. The number of ether oxygens (including phenoxy) is 1. The summed E-state index contributed by atoms with van der Waals surface area (Å²) in [6.07, 6.45) is 5.24. The Kier molecular flexibility index (Phi) is 4.75. The van der Waals surface area contributed by atoms with Crippen LogP contribution < -0.4 is 0 Å². The molecule has 4 heteroatoms. The van der Waals surface area contributed by atoms with Crippen molar-refractivity contribution in [2.24, 2.45) is 5.92 Å². The predicted octanol–water partition coefficient (Wildman–Crippen LogP) is 1.94. The van der Waals surface area contributed by atoms with Crippen molar-refractivity contribution in [2.45, 2.75) is 45.6 Å². The first-order valence-corrected chi connectivity index (χ1v) is 7.29. The van der Waals surface area contributed by atoms with Crippen LogP contribution in [0.25, 0.3) is 0 Å². The summed E-state index contributed by atoms with van der Waals surface area (Å²) in [6.45, 7) is 6.01. The number of nitrogens with zero attached hydrogens (tertiary/aromatic N) is 1. The zero-order valence-corrected chi connectivity index (χ0v) is 11.9. The molecule has 1 saturated carbocycles. The van der Waals surface area contributed by atoms with Crippen LogP contribution in [0.2, 0.25) is 0 Å². The molecule has 1 aliphatic heterocycles. The monoisotopic (exact) mass is 265 g/mol. The van der Waals surface area contributed by atoms with Gasteiger partial charge in [-0.2, -0.15) is 0 Å². The van der Waals surface area contributed by atoms with Crippen LogP contribution in [-0.2, 0) is 14.3 Å². The molecule has 4 nitrogen and oxygen atoms in total. The van der Waals surface area contributed by atoms with Crippen LogP contribution in [0.5, 0.6) is 0 Å². The Balaban J connectivity index is 2.17. The predicted molar refractivity (Wildman–Crippen MR) is 72.7 cm³/mol. The van der Waals surface area contributed by atoms with Crippen LogP contribution in [0, 0.1) is 5.92 Å². The average molecular weight is 265 g/mol. The van der Waals surface area contributed by atoms with E-state index in [0.717, 1.165) is 25.0 Å². The molecule has 0 aromatic heterocycles. The van der Waals surface area contributed by atoms with Gasteiger partial charge >= 0.3 is 5.97 Å². The van der Waals surface area contributed by atoms with Gasteiger partial charge in [0.1, 0.15) is 5.78 Å². The molecule has 0 amide bonds. The number of esters is 1. The smallest absolute Gasteiger partial charge is 0.335 e. The lowest BCUT2D eigenvalue weighted by Crippen LogP contribution is -2.48. The number of Topliss-reactive ketones (excluding diaryl/α,β-unsaturated/α-hetero) is 1. The minimum Gasteiger partial charge on any atom is -0.463 e. The summed E-state index contributed by atoms with van der Waals surface area (Å²) < 4.78 is 5.10. The number of carbonyl (C=O) groups excluding carboxylic acids is 2. The molecule has 0 saturated heterocycles. The summed E-state index contributed by atoms with van der Waals surface area (Å²) in [7, 11) is 0. The summed E-state index contributed by atoms with van der Waals surface area (Å²) in [5.74, 6) is 0.292. The molecule has 106 valence electrons. The zero-order chi connectivity index (χ0) is 13.8. The van der Waals surface area contributed by atoms with Gasteiger partial charge in [0, 0.05) is 36.9 Å². The van der Waals surface area contributed by atoms with Crippen molar-refractivity contribution >= 4 is 11.8 Å². The van der Waals surface area contributed by atoms with Gasteiger partial charge in [-0.1, -0.05) is 13.0 Å². The van der Waals surface area contributed by atoms with Crippen molar-refractivity contribution in [1.82, 2.24) is 4.90 Å². The van der Waals surface area contributed by atoms with Crippen LogP contribution in [0.4, 0.5) is 0 Å². The quantitative estimate of drug-likeness (QED) is 0.729. The Bertz CT molecular complexity index is 389. The fourth-order valence-corrected chi connectivity index (χ4v) is 3.18. The Morgan fingerprint density at radius 2 is 2.26 bits per heavy atom. The molecule has 0 aromatic rings. The Labute approximate surface area is 114 Å². The standard InChI is InChI=1S/C15H23NO3/c1-3-7-16-10-12(15(18)19-4-2)8-11-9-13(17)5-6-14(11)16/h8,11,14H,3-7,9-10H2,1-2H3. The lowest BCUT2D eigenvalue weighted by Gasteiger charge is -2.42. The summed E-state index contributed by atoms with van der Waals surface area (Å²) in [4.78, 5) is 25.9. The van der Waals surface area contributed by atoms with E-state index in [1.165, 1.54) is 0 Å². The molecule has 2 rings (SSSR count). The van der Waals surface area contributed by atoms with Crippen molar-refractivity contribution in [3.05, 3.63) is 11.6 Å². The van der Waals surface area contributed by atoms with Gasteiger partial charge in [0.15, 0.2) is 0 Å². The largest absolute Gasteiger partial charge is 0.463 e. The highest BCUT2D eigenvalue weighted by molar-refractivity contribution is 5.89. The molecule has 1 fully saturated rings. The number of ketones is 1. The molecular formula is C15H23NO3. The molecule has 19 heavy (non-hydrogen) atoms.